The lowest BCUT2D eigenvalue weighted by molar-refractivity contribution is -0.142. The summed E-state index contributed by atoms with van der Waals surface area (Å²) in [5, 5.41) is 0. The van der Waals surface area contributed by atoms with Crippen LogP contribution in [0.4, 0.5) is 0 Å². The van der Waals surface area contributed by atoms with Crippen LogP contribution in [0.5, 0.6) is 0 Å². The van der Waals surface area contributed by atoms with E-state index in [1.807, 2.05) is 25.2 Å². The van der Waals surface area contributed by atoms with Crippen LogP contribution in [-0.2, 0) is 9.53 Å². The lowest BCUT2D eigenvalue weighted by Crippen LogP contribution is -2.19. The fraction of sp³-hybridized carbons (Fsp3) is 0.500. The molecule has 1 aliphatic carbocycles. The van der Waals surface area contributed by atoms with E-state index in [0.717, 1.165) is 24.8 Å². The monoisotopic (exact) mass is 436 g/mol. The van der Waals surface area contributed by atoms with Gasteiger partial charge in [0.15, 0.2) is 0 Å². The number of allylic oxidation sites excluding steroid dienone is 13. The molecule has 0 heterocycles. The van der Waals surface area contributed by atoms with E-state index in [1.54, 1.807) is 0 Å². The second-order valence-corrected chi connectivity index (χ2v) is 9.32. The normalized spacial score (nSPS) is 18.1. The molecule has 0 unspecified atom stereocenters. The van der Waals surface area contributed by atoms with Crippen molar-refractivity contribution in [1.29, 1.82) is 0 Å². The third-order valence-corrected chi connectivity index (χ3v) is 5.79. The molecule has 0 aromatic rings. The molecule has 0 saturated carbocycles. The van der Waals surface area contributed by atoms with Crippen LogP contribution in [0.1, 0.15) is 86.5 Å². The number of rotatable bonds is 12. The average Bonchev–Trinajstić information content (AvgIpc) is 2.72. The van der Waals surface area contributed by atoms with Crippen molar-refractivity contribution < 1.29 is 9.53 Å². The number of esters is 1. The predicted molar refractivity (Wildman–Crippen MR) is 140 cm³/mol. The first kappa shape index (κ1) is 27.7. The highest BCUT2D eigenvalue weighted by Gasteiger charge is 2.26. The fourth-order valence-electron chi connectivity index (χ4n) is 3.79. The quantitative estimate of drug-likeness (QED) is 0.174. The molecule has 2 nitrogen and oxygen atoms in total. The van der Waals surface area contributed by atoms with Crippen molar-refractivity contribution in [3.05, 3.63) is 83.1 Å². The van der Waals surface area contributed by atoms with Crippen molar-refractivity contribution in [3.8, 4) is 0 Å². The first-order chi connectivity index (χ1) is 15.3. The van der Waals surface area contributed by atoms with Gasteiger partial charge in [0.1, 0.15) is 6.61 Å². The maximum absolute atomic E-state index is 11.8. The van der Waals surface area contributed by atoms with Crippen molar-refractivity contribution >= 4 is 5.97 Å². The van der Waals surface area contributed by atoms with Crippen molar-refractivity contribution in [2.24, 2.45) is 5.41 Å². The van der Waals surface area contributed by atoms with E-state index < -0.39 is 0 Å². The topological polar surface area (TPSA) is 26.3 Å². The van der Waals surface area contributed by atoms with Gasteiger partial charge < -0.3 is 4.74 Å². The molecule has 32 heavy (non-hydrogen) atoms. The van der Waals surface area contributed by atoms with Gasteiger partial charge in [-0.2, -0.15) is 0 Å². The number of ether oxygens (including phenoxy) is 1. The van der Waals surface area contributed by atoms with Crippen LogP contribution in [0.3, 0.4) is 0 Å². The van der Waals surface area contributed by atoms with Gasteiger partial charge in [0.05, 0.1) is 0 Å². The van der Waals surface area contributed by atoms with Crippen molar-refractivity contribution in [3.63, 3.8) is 0 Å². The van der Waals surface area contributed by atoms with Gasteiger partial charge >= 0.3 is 5.97 Å². The summed E-state index contributed by atoms with van der Waals surface area (Å²) in [5.41, 5.74) is 5.59. The summed E-state index contributed by atoms with van der Waals surface area (Å²) in [4.78, 5) is 11.8. The Morgan fingerprint density at radius 2 is 1.81 bits per heavy atom. The molecular weight excluding hydrogens is 392 g/mol. The lowest BCUT2D eigenvalue weighted by Gasteiger charge is -2.32. The van der Waals surface area contributed by atoms with Gasteiger partial charge in [0.2, 0.25) is 0 Å². The predicted octanol–water partition coefficient (Wildman–Crippen LogP) is 8.75. The summed E-state index contributed by atoms with van der Waals surface area (Å²) < 4.78 is 5.30. The molecule has 0 bridgehead atoms. The van der Waals surface area contributed by atoms with E-state index in [0.29, 0.717) is 13.0 Å². The van der Waals surface area contributed by atoms with Gasteiger partial charge in [-0.25, -0.2) is 0 Å². The number of carbonyl (C=O) groups is 1. The highest BCUT2D eigenvalue weighted by atomic mass is 16.5. The highest BCUT2D eigenvalue weighted by molar-refractivity contribution is 5.69. The first-order valence-electron chi connectivity index (χ1n) is 12.1. The molecule has 2 heteroatoms. The molecule has 176 valence electrons. The van der Waals surface area contributed by atoms with Gasteiger partial charge in [-0.1, -0.05) is 92.2 Å². The molecule has 1 rings (SSSR count). The maximum atomic E-state index is 11.8. The van der Waals surface area contributed by atoms with Gasteiger partial charge in [0.25, 0.3) is 0 Å². The summed E-state index contributed by atoms with van der Waals surface area (Å²) in [5.74, 6) is -0.133. The smallest absolute Gasteiger partial charge is 0.306 e. The zero-order valence-corrected chi connectivity index (χ0v) is 21.2. The minimum absolute atomic E-state index is 0.133. The maximum Gasteiger partial charge on any atom is 0.306 e. The largest absolute Gasteiger partial charge is 0.461 e. The zero-order chi connectivity index (χ0) is 23.8. The number of hydrogen-bond acceptors (Lipinski definition) is 2. The van der Waals surface area contributed by atoms with E-state index in [9.17, 15) is 4.79 Å². The number of hydrogen-bond donors (Lipinski definition) is 0. The molecule has 0 radical (unpaired) electrons. The van der Waals surface area contributed by atoms with Crippen LogP contribution < -0.4 is 0 Å². The first-order valence-corrected chi connectivity index (χ1v) is 12.1. The Morgan fingerprint density at radius 3 is 2.53 bits per heavy atom. The van der Waals surface area contributed by atoms with Crippen LogP contribution in [-0.4, -0.2) is 12.6 Å². The lowest BCUT2D eigenvalue weighted by atomic mass is 9.72. The molecule has 0 aromatic heterocycles. The summed E-state index contributed by atoms with van der Waals surface area (Å²) in [7, 11) is 0. The molecule has 1 aliphatic rings. The van der Waals surface area contributed by atoms with Gasteiger partial charge in [-0.15, -0.1) is 0 Å². The highest BCUT2D eigenvalue weighted by Crippen LogP contribution is 2.40. The second-order valence-electron chi connectivity index (χ2n) is 9.32. The molecule has 0 N–H and O–H groups in total. The second kappa shape index (κ2) is 15.5. The van der Waals surface area contributed by atoms with Crippen molar-refractivity contribution in [2.45, 2.75) is 86.5 Å². The summed E-state index contributed by atoms with van der Waals surface area (Å²) in [6.45, 7) is 13.6. The Hall–Kier alpha value is -2.35. The van der Waals surface area contributed by atoms with Gasteiger partial charge in [0, 0.05) is 6.42 Å². The molecule has 0 aromatic carbocycles. The number of carbonyl (C=O) groups excluding carboxylic acids is 1. The molecular formula is C30H44O2. The Kier molecular flexibility index (Phi) is 13.4. The minimum Gasteiger partial charge on any atom is -0.461 e. The van der Waals surface area contributed by atoms with Crippen molar-refractivity contribution in [2.75, 3.05) is 6.61 Å². The molecule has 0 aliphatic heterocycles. The van der Waals surface area contributed by atoms with E-state index in [-0.39, 0.29) is 11.4 Å². The standard InChI is InChI=1S/C30H44O2/c1-7-8-9-10-11-12-13-19-29(31)32-24-22-26(3)17-14-16-25(2)20-21-28-27(4)18-15-23-30(28,5)6/h8-11,14,16-17,20-22H,7,12-13,15,18-19,23-24H2,1-6H3/b9-8+,11-10+,17-14+,21-20+,25-16+,26-22+. The van der Waals surface area contributed by atoms with Crippen LogP contribution in [0.2, 0.25) is 0 Å². The Labute approximate surface area is 197 Å². The molecule has 0 amide bonds. The zero-order valence-electron chi connectivity index (χ0n) is 21.2. The van der Waals surface area contributed by atoms with E-state index in [2.05, 4.69) is 77.2 Å². The Morgan fingerprint density at radius 1 is 1.06 bits per heavy atom. The Bertz CT molecular complexity index is 795. The molecule has 0 saturated heterocycles. The van der Waals surface area contributed by atoms with E-state index in [1.165, 1.54) is 36.0 Å². The fourth-order valence-corrected chi connectivity index (χ4v) is 3.79. The summed E-state index contributed by atoms with van der Waals surface area (Å²) in [6.07, 6.45) is 28.0. The van der Waals surface area contributed by atoms with Gasteiger partial charge in [-0.3, -0.25) is 4.79 Å². The van der Waals surface area contributed by atoms with E-state index in [4.69, 9.17) is 4.74 Å². The van der Waals surface area contributed by atoms with Crippen LogP contribution in [0, 0.1) is 5.41 Å². The van der Waals surface area contributed by atoms with Gasteiger partial charge in [-0.05, 0) is 76.4 Å². The molecule has 0 fully saturated rings. The number of unbranched alkanes of at least 4 members (excludes halogenated alkanes) is 1. The molecule has 0 spiro atoms. The summed E-state index contributed by atoms with van der Waals surface area (Å²) in [6, 6.07) is 0. The summed E-state index contributed by atoms with van der Waals surface area (Å²) >= 11 is 0. The third kappa shape index (κ3) is 11.9. The molecule has 0 atom stereocenters. The SMILES string of the molecule is CC/C=C/C=C/CCCC(=O)OC/C=C(C)/C=C/C=C(C)/C=C/C1=C(C)CCCC1(C)C. The Balaban J connectivity index is 2.39. The minimum atomic E-state index is -0.133. The van der Waals surface area contributed by atoms with Crippen LogP contribution in [0.15, 0.2) is 83.1 Å². The van der Waals surface area contributed by atoms with Crippen LogP contribution >= 0.6 is 0 Å². The van der Waals surface area contributed by atoms with Crippen LogP contribution in [0.25, 0.3) is 0 Å². The third-order valence-electron chi connectivity index (χ3n) is 5.79. The van der Waals surface area contributed by atoms with E-state index >= 15 is 0 Å². The average molecular weight is 437 g/mol. The van der Waals surface area contributed by atoms with Crippen molar-refractivity contribution in [1.82, 2.24) is 0 Å².